The van der Waals surface area contributed by atoms with Crippen molar-refractivity contribution >= 4 is 11.6 Å². The SMILES string of the molecule is COc1ccc(CNCCC(=O)Nc2ccc(F)cc2F)cc1. The van der Waals surface area contributed by atoms with E-state index in [9.17, 15) is 13.6 Å². The molecule has 23 heavy (non-hydrogen) atoms. The molecule has 4 nitrogen and oxygen atoms in total. The zero-order valence-electron chi connectivity index (χ0n) is 12.7. The Labute approximate surface area is 133 Å². The van der Waals surface area contributed by atoms with Crippen molar-refractivity contribution in [1.29, 1.82) is 0 Å². The van der Waals surface area contributed by atoms with Gasteiger partial charge in [-0.25, -0.2) is 8.78 Å². The molecule has 0 aliphatic rings. The highest BCUT2D eigenvalue weighted by Crippen LogP contribution is 2.15. The minimum absolute atomic E-state index is 0.0217. The van der Waals surface area contributed by atoms with Gasteiger partial charge in [-0.15, -0.1) is 0 Å². The maximum Gasteiger partial charge on any atom is 0.225 e. The normalized spacial score (nSPS) is 10.4. The second-order valence-electron chi connectivity index (χ2n) is 4.95. The van der Waals surface area contributed by atoms with Crippen molar-refractivity contribution in [2.45, 2.75) is 13.0 Å². The topological polar surface area (TPSA) is 50.4 Å². The van der Waals surface area contributed by atoms with Crippen LogP contribution in [0.5, 0.6) is 5.75 Å². The number of nitrogens with one attached hydrogen (secondary N) is 2. The lowest BCUT2D eigenvalue weighted by Gasteiger charge is -2.08. The summed E-state index contributed by atoms with van der Waals surface area (Å²) in [6, 6.07) is 10.6. The van der Waals surface area contributed by atoms with Gasteiger partial charge in [0.2, 0.25) is 5.91 Å². The molecule has 1 amide bonds. The van der Waals surface area contributed by atoms with Gasteiger partial charge in [0.15, 0.2) is 0 Å². The first-order valence-corrected chi connectivity index (χ1v) is 7.17. The fourth-order valence-corrected chi connectivity index (χ4v) is 1.98. The van der Waals surface area contributed by atoms with Gasteiger partial charge in [-0.2, -0.15) is 0 Å². The highest BCUT2D eigenvalue weighted by atomic mass is 19.1. The Morgan fingerprint density at radius 1 is 1.13 bits per heavy atom. The number of ether oxygens (including phenoxy) is 1. The molecular weight excluding hydrogens is 302 g/mol. The number of hydrogen-bond donors (Lipinski definition) is 2. The maximum atomic E-state index is 13.4. The van der Waals surface area contributed by atoms with E-state index in [0.717, 1.165) is 23.4 Å². The molecule has 0 aromatic heterocycles. The molecule has 0 aliphatic carbocycles. The molecule has 0 fully saturated rings. The van der Waals surface area contributed by atoms with Crippen molar-refractivity contribution in [1.82, 2.24) is 5.32 Å². The Morgan fingerprint density at radius 3 is 2.52 bits per heavy atom. The van der Waals surface area contributed by atoms with Crippen molar-refractivity contribution in [2.75, 3.05) is 19.0 Å². The third-order valence-corrected chi connectivity index (χ3v) is 3.22. The van der Waals surface area contributed by atoms with Crippen LogP contribution in [0.15, 0.2) is 42.5 Å². The molecule has 2 rings (SSSR count). The van der Waals surface area contributed by atoms with Crippen molar-refractivity contribution < 1.29 is 18.3 Å². The van der Waals surface area contributed by atoms with E-state index in [0.29, 0.717) is 13.1 Å². The summed E-state index contributed by atoms with van der Waals surface area (Å²) in [7, 11) is 1.61. The first-order chi connectivity index (χ1) is 11.1. The first-order valence-electron chi connectivity index (χ1n) is 7.17. The quantitative estimate of drug-likeness (QED) is 0.771. The summed E-state index contributed by atoms with van der Waals surface area (Å²) < 4.78 is 31.2. The number of methoxy groups -OCH3 is 1. The molecule has 0 saturated heterocycles. The Kier molecular flexibility index (Phi) is 6.05. The van der Waals surface area contributed by atoms with Gasteiger partial charge in [0.05, 0.1) is 12.8 Å². The van der Waals surface area contributed by atoms with Crippen LogP contribution in [-0.4, -0.2) is 19.6 Å². The van der Waals surface area contributed by atoms with Gasteiger partial charge >= 0.3 is 0 Å². The fourth-order valence-electron chi connectivity index (χ4n) is 1.98. The summed E-state index contributed by atoms with van der Waals surface area (Å²) in [4.78, 5) is 11.7. The zero-order valence-corrected chi connectivity index (χ0v) is 12.7. The van der Waals surface area contributed by atoms with Crippen LogP contribution < -0.4 is 15.4 Å². The summed E-state index contributed by atoms with van der Waals surface area (Å²) in [6.45, 7) is 1.06. The summed E-state index contributed by atoms with van der Waals surface area (Å²) in [5.74, 6) is -1.02. The van der Waals surface area contributed by atoms with Crippen LogP contribution in [0.2, 0.25) is 0 Å². The average molecular weight is 320 g/mol. The Bertz CT molecular complexity index is 660. The van der Waals surface area contributed by atoms with E-state index in [1.165, 1.54) is 6.07 Å². The third-order valence-electron chi connectivity index (χ3n) is 3.22. The number of amides is 1. The summed E-state index contributed by atoms with van der Waals surface area (Å²) in [5, 5.41) is 5.54. The van der Waals surface area contributed by atoms with Crippen molar-refractivity contribution in [3.8, 4) is 5.75 Å². The number of halogens is 2. The minimum Gasteiger partial charge on any atom is -0.497 e. The van der Waals surface area contributed by atoms with Crippen LogP contribution in [0.1, 0.15) is 12.0 Å². The van der Waals surface area contributed by atoms with Gasteiger partial charge in [0.1, 0.15) is 17.4 Å². The molecule has 0 bridgehead atoms. The van der Waals surface area contributed by atoms with Crippen LogP contribution in [0.25, 0.3) is 0 Å². The molecule has 0 heterocycles. The highest BCUT2D eigenvalue weighted by Gasteiger charge is 2.07. The number of benzene rings is 2. The molecule has 2 aromatic rings. The molecule has 0 unspecified atom stereocenters. The molecule has 0 saturated carbocycles. The van der Waals surface area contributed by atoms with Crippen LogP contribution in [0, 0.1) is 11.6 Å². The van der Waals surface area contributed by atoms with E-state index >= 15 is 0 Å². The van der Waals surface area contributed by atoms with E-state index in [1.54, 1.807) is 7.11 Å². The van der Waals surface area contributed by atoms with E-state index < -0.39 is 11.6 Å². The Hall–Kier alpha value is -2.47. The molecule has 0 spiro atoms. The summed E-state index contributed by atoms with van der Waals surface area (Å²) >= 11 is 0. The molecule has 2 N–H and O–H groups in total. The van der Waals surface area contributed by atoms with Crippen LogP contribution in [0.3, 0.4) is 0 Å². The molecule has 2 aromatic carbocycles. The first kappa shape index (κ1) is 16.9. The van der Waals surface area contributed by atoms with Crippen LogP contribution >= 0.6 is 0 Å². The van der Waals surface area contributed by atoms with E-state index in [1.807, 2.05) is 24.3 Å². The van der Waals surface area contributed by atoms with Gasteiger partial charge in [-0.05, 0) is 29.8 Å². The van der Waals surface area contributed by atoms with Crippen LogP contribution in [0.4, 0.5) is 14.5 Å². The van der Waals surface area contributed by atoms with Crippen molar-refractivity contribution in [3.05, 3.63) is 59.7 Å². The second kappa shape index (κ2) is 8.24. The fraction of sp³-hybridized carbons (Fsp3) is 0.235. The molecule has 0 radical (unpaired) electrons. The minimum atomic E-state index is -0.787. The number of carbonyl (C=O) groups excluding carboxylic acids is 1. The lowest BCUT2D eigenvalue weighted by Crippen LogP contribution is -2.21. The smallest absolute Gasteiger partial charge is 0.225 e. The largest absolute Gasteiger partial charge is 0.497 e. The van der Waals surface area contributed by atoms with Gasteiger partial charge < -0.3 is 15.4 Å². The lowest BCUT2D eigenvalue weighted by molar-refractivity contribution is -0.116. The molecular formula is C17H18F2N2O2. The predicted octanol–water partition coefficient (Wildman–Crippen LogP) is 3.09. The Balaban J connectivity index is 1.72. The number of hydrogen-bond acceptors (Lipinski definition) is 3. The van der Waals surface area contributed by atoms with Gasteiger partial charge in [0, 0.05) is 25.6 Å². The van der Waals surface area contributed by atoms with E-state index in [4.69, 9.17) is 4.74 Å². The standard InChI is InChI=1S/C17H18F2N2O2/c1-23-14-5-2-12(3-6-14)11-20-9-8-17(22)21-16-7-4-13(18)10-15(16)19/h2-7,10,20H,8-9,11H2,1H3,(H,21,22). The molecule has 6 heteroatoms. The van der Waals surface area contributed by atoms with Gasteiger partial charge in [-0.3, -0.25) is 4.79 Å². The van der Waals surface area contributed by atoms with Gasteiger partial charge in [0.25, 0.3) is 0 Å². The number of carbonyl (C=O) groups is 1. The predicted molar refractivity (Wildman–Crippen MR) is 84.3 cm³/mol. The molecule has 122 valence electrons. The van der Waals surface area contributed by atoms with Gasteiger partial charge in [-0.1, -0.05) is 12.1 Å². The third kappa shape index (κ3) is 5.34. The highest BCUT2D eigenvalue weighted by molar-refractivity contribution is 5.90. The Morgan fingerprint density at radius 2 is 1.87 bits per heavy atom. The molecule has 0 atom stereocenters. The average Bonchev–Trinajstić information content (AvgIpc) is 2.55. The maximum absolute atomic E-state index is 13.4. The molecule has 0 aliphatic heterocycles. The number of rotatable bonds is 7. The monoisotopic (exact) mass is 320 g/mol. The summed E-state index contributed by atoms with van der Waals surface area (Å²) in [5.41, 5.74) is 1.04. The second-order valence-corrected chi connectivity index (χ2v) is 4.95. The summed E-state index contributed by atoms with van der Waals surface area (Å²) in [6.07, 6.45) is 0.187. The van der Waals surface area contributed by atoms with E-state index in [-0.39, 0.29) is 18.0 Å². The number of anilines is 1. The van der Waals surface area contributed by atoms with Crippen molar-refractivity contribution in [2.24, 2.45) is 0 Å². The van der Waals surface area contributed by atoms with Crippen molar-refractivity contribution in [3.63, 3.8) is 0 Å². The van der Waals surface area contributed by atoms with Crippen LogP contribution in [-0.2, 0) is 11.3 Å². The zero-order chi connectivity index (χ0) is 16.7. The lowest BCUT2D eigenvalue weighted by atomic mass is 10.2. The van der Waals surface area contributed by atoms with E-state index in [2.05, 4.69) is 10.6 Å².